The van der Waals surface area contributed by atoms with Crippen LogP contribution >= 0.6 is 0 Å². The van der Waals surface area contributed by atoms with Crippen molar-refractivity contribution in [3.8, 4) is 0 Å². The van der Waals surface area contributed by atoms with Crippen LogP contribution in [-0.2, 0) is 4.74 Å². The van der Waals surface area contributed by atoms with Crippen LogP contribution in [0, 0.1) is 6.92 Å². The van der Waals surface area contributed by atoms with E-state index in [-0.39, 0.29) is 16.8 Å². The summed E-state index contributed by atoms with van der Waals surface area (Å²) in [6, 6.07) is 2.71. The lowest BCUT2D eigenvalue weighted by Crippen LogP contribution is -2.10. The summed E-state index contributed by atoms with van der Waals surface area (Å²) < 4.78 is 4.52. The standard InChI is InChI=1S/C10H11NO4/c1-5-7(9(12)13)3-6(11)4-8(5)10(14)15-2/h3-4H,11H2,1-2H3,(H,12,13). The Balaban J connectivity index is 3.41. The molecule has 0 radical (unpaired) electrons. The lowest BCUT2D eigenvalue weighted by Gasteiger charge is -2.08. The first-order valence-corrected chi connectivity index (χ1v) is 4.19. The molecule has 80 valence electrons. The van der Waals surface area contributed by atoms with Gasteiger partial charge in [-0.15, -0.1) is 0 Å². The van der Waals surface area contributed by atoms with Crippen molar-refractivity contribution in [2.75, 3.05) is 12.8 Å². The summed E-state index contributed by atoms with van der Waals surface area (Å²) in [5, 5.41) is 8.86. The van der Waals surface area contributed by atoms with Gasteiger partial charge in [-0.1, -0.05) is 0 Å². The molecule has 0 aliphatic rings. The van der Waals surface area contributed by atoms with Crippen LogP contribution in [0.3, 0.4) is 0 Å². The predicted molar refractivity (Wildman–Crippen MR) is 53.9 cm³/mol. The number of rotatable bonds is 2. The molecule has 1 aromatic rings. The number of hydrogen-bond acceptors (Lipinski definition) is 4. The Kier molecular flexibility index (Phi) is 2.94. The van der Waals surface area contributed by atoms with E-state index < -0.39 is 11.9 Å². The molecule has 1 aromatic carbocycles. The summed E-state index contributed by atoms with van der Waals surface area (Å²) in [6.45, 7) is 1.54. The molecule has 0 atom stereocenters. The highest BCUT2D eigenvalue weighted by atomic mass is 16.5. The number of carbonyl (C=O) groups is 2. The maximum Gasteiger partial charge on any atom is 0.338 e. The summed E-state index contributed by atoms with van der Waals surface area (Å²) >= 11 is 0. The zero-order valence-corrected chi connectivity index (χ0v) is 8.40. The van der Waals surface area contributed by atoms with E-state index in [9.17, 15) is 9.59 Å². The number of hydrogen-bond donors (Lipinski definition) is 2. The molecule has 0 spiro atoms. The maximum atomic E-state index is 11.3. The molecule has 0 aliphatic carbocycles. The molecular formula is C10H11NO4. The molecule has 0 saturated carbocycles. The van der Waals surface area contributed by atoms with Crippen LogP contribution in [-0.4, -0.2) is 24.2 Å². The Morgan fingerprint density at radius 2 is 1.87 bits per heavy atom. The number of carbonyl (C=O) groups excluding carboxylic acids is 1. The van der Waals surface area contributed by atoms with Gasteiger partial charge >= 0.3 is 11.9 Å². The maximum absolute atomic E-state index is 11.3. The van der Waals surface area contributed by atoms with Crippen molar-refractivity contribution >= 4 is 17.6 Å². The summed E-state index contributed by atoms with van der Waals surface area (Å²) in [6.07, 6.45) is 0. The van der Waals surface area contributed by atoms with Crippen molar-refractivity contribution in [3.05, 3.63) is 28.8 Å². The second-order valence-corrected chi connectivity index (χ2v) is 3.04. The van der Waals surface area contributed by atoms with Crippen molar-refractivity contribution < 1.29 is 19.4 Å². The third-order valence-corrected chi connectivity index (χ3v) is 2.07. The number of nitrogen functional groups attached to an aromatic ring is 1. The number of carboxylic acid groups (broad SMARTS) is 1. The van der Waals surface area contributed by atoms with E-state index >= 15 is 0 Å². The topological polar surface area (TPSA) is 89.6 Å². The minimum Gasteiger partial charge on any atom is -0.478 e. The fraction of sp³-hybridized carbons (Fsp3) is 0.200. The number of esters is 1. The number of benzene rings is 1. The molecule has 0 unspecified atom stereocenters. The molecule has 3 N–H and O–H groups in total. The lowest BCUT2D eigenvalue weighted by atomic mass is 10.0. The van der Waals surface area contributed by atoms with Crippen LogP contribution in [0.1, 0.15) is 26.3 Å². The zero-order chi connectivity index (χ0) is 11.6. The second kappa shape index (κ2) is 4.00. The highest BCUT2D eigenvalue weighted by molar-refractivity contribution is 5.98. The van der Waals surface area contributed by atoms with Gasteiger partial charge in [0.05, 0.1) is 18.2 Å². The van der Waals surface area contributed by atoms with Crippen molar-refractivity contribution in [2.24, 2.45) is 0 Å². The van der Waals surface area contributed by atoms with Crippen molar-refractivity contribution in [3.63, 3.8) is 0 Å². The number of anilines is 1. The molecule has 0 fully saturated rings. The van der Waals surface area contributed by atoms with Crippen LogP contribution in [0.2, 0.25) is 0 Å². The van der Waals surface area contributed by atoms with Gasteiger partial charge in [0.2, 0.25) is 0 Å². The molecule has 5 heteroatoms. The summed E-state index contributed by atoms with van der Waals surface area (Å²) in [4.78, 5) is 22.1. The molecule has 0 bridgehead atoms. The van der Waals surface area contributed by atoms with Crippen LogP contribution in [0.15, 0.2) is 12.1 Å². The Morgan fingerprint density at radius 3 is 2.33 bits per heavy atom. The average Bonchev–Trinajstić information content (AvgIpc) is 2.19. The third kappa shape index (κ3) is 2.07. The minimum atomic E-state index is -1.12. The Bertz CT molecular complexity index is 426. The van der Waals surface area contributed by atoms with Gasteiger partial charge in [0.1, 0.15) is 0 Å². The van der Waals surface area contributed by atoms with Crippen LogP contribution in [0.5, 0.6) is 0 Å². The quantitative estimate of drug-likeness (QED) is 0.561. The van der Waals surface area contributed by atoms with E-state index in [2.05, 4.69) is 4.74 Å². The van der Waals surface area contributed by atoms with Crippen LogP contribution in [0.4, 0.5) is 5.69 Å². The van der Waals surface area contributed by atoms with E-state index in [0.29, 0.717) is 5.56 Å². The number of ether oxygens (including phenoxy) is 1. The van der Waals surface area contributed by atoms with Gasteiger partial charge in [-0.2, -0.15) is 0 Å². The molecule has 0 heterocycles. The van der Waals surface area contributed by atoms with Crippen molar-refractivity contribution in [1.82, 2.24) is 0 Å². The van der Waals surface area contributed by atoms with Gasteiger partial charge in [0.15, 0.2) is 0 Å². The lowest BCUT2D eigenvalue weighted by molar-refractivity contribution is 0.0600. The van der Waals surface area contributed by atoms with Gasteiger partial charge in [0, 0.05) is 5.69 Å². The van der Waals surface area contributed by atoms with Crippen molar-refractivity contribution in [2.45, 2.75) is 6.92 Å². The SMILES string of the molecule is COC(=O)c1cc(N)cc(C(=O)O)c1C. The molecule has 0 saturated heterocycles. The first kappa shape index (κ1) is 11.0. The fourth-order valence-electron chi connectivity index (χ4n) is 1.28. The molecule has 1 rings (SSSR count). The average molecular weight is 209 g/mol. The van der Waals surface area contributed by atoms with Crippen LogP contribution < -0.4 is 5.73 Å². The van der Waals surface area contributed by atoms with E-state index in [0.717, 1.165) is 0 Å². The molecule has 5 nitrogen and oxygen atoms in total. The van der Waals surface area contributed by atoms with Crippen molar-refractivity contribution in [1.29, 1.82) is 0 Å². The number of methoxy groups -OCH3 is 1. The predicted octanol–water partition coefficient (Wildman–Crippen LogP) is 1.06. The normalized spacial score (nSPS) is 9.73. The smallest absolute Gasteiger partial charge is 0.338 e. The first-order valence-electron chi connectivity index (χ1n) is 4.19. The van der Waals surface area contributed by atoms with Crippen LogP contribution in [0.25, 0.3) is 0 Å². The van der Waals surface area contributed by atoms with Gasteiger partial charge in [0.25, 0.3) is 0 Å². The fourth-order valence-corrected chi connectivity index (χ4v) is 1.28. The molecule has 15 heavy (non-hydrogen) atoms. The van der Waals surface area contributed by atoms with Gasteiger partial charge in [-0.05, 0) is 24.6 Å². The van der Waals surface area contributed by atoms with E-state index in [1.165, 1.54) is 26.2 Å². The second-order valence-electron chi connectivity index (χ2n) is 3.04. The minimum absolute atomic E-state index is 0.00963. The monoisotopic (exact) mass is 209 g/mol. The summed E-state index contributed by atoms with van der Waals surface area (Å²) in [5.74, 6) is -1.72. The summed E-state index contributed by atoms with van der Waals surface area (Å²) in [7, 11) is 1.23. The van der Waals surface area contributed by atoms with Gasteiger partial charge < -0.3 is 15.6 Å². The van der Waals surface area contributed by atoms with Gasteiger partial charge in [-0.3, -0.25) is 0 Å². The van der Waals surface area contributed by atoms with E-state index in [4.69, 9.17) is 10.8 Å². The Morgan fingerprint density at radius 1 is 1.33 bits per heavy atom. The molecule has 0 aromatic heterocycles. The van der Waals surface area contributed by atoms with E-state index in [1.54, 1.807) is 0 Å². The molecule has 0 aliphatic heterocycles. The highest BCUT2D eigenvalue weighted by Gasteiger charge is 2.16. The number of aromatic carboxylic acids is 1. The number of nitrogens with two attached hydrogens (primary N) is 1. The zero-order valence-electron chi connectivity index (χ0n) is 8.40. The first-order chi connectivity index (χ1) is 6.97. The summed E-state index contributed by atoms with van der Waals surface area (Å²) in [5.41, 5.74) is 6.24. The molecular weight excluding hydrogens is 198 g/mol. The third-order valence-electron chi connectivity index (χ3n) is 2.07. The molecule has 0 amide bonds. The number of carboxylic acids is 1. The largest absolute Gasteiger partial charge is 0.478 e. The van der Waals surface area contributed by atoms with Gasteiger partial charge in [-0.25, -0.2) is 9.59 Å². The Hall–Kier alpha value is -2.04. The Labute approximate surface area is 86.5 Å². The van der Waals surface area contributed by atoms with E-state index in [1.807, 2.05) is 0 Å². The highest BCUT2D eigenvalue weighted by Crippen LogP contribution is 2.19.